The van der Waals surface area contributed by atoms with Crippen LogP contribution in [-0.2, 0) is 0 Å². The molecule has 2 aromatic heterocycles. The van der Waals surface area contributed by atoms with E-state index in [2.05, 4.69) is 197 Å². The molecule has 0 saturated carbocycles. The van der Waals surface area contributed by atoms with Gasteiger partial charge in [0.2, 0.25) is 0 Å². The number of hydrogen-bond donors (Lipinski definition) is 0. The topological polar surface area (TPSA) is 33.6 Å². The van der Waals surface area contributed by atoms with Crippen molar-refractivity contribution in [1.82, 2.24) is 9.13 Å². The molecule has 0 amide bonds. The average molecular weight is 832 g/mol. The van der Waals surface area contributed by atoms with E-state index in [0.29, 0.717) is 22.5 Å². The molecule has 2 heterocycles. The van der Waals surface area contributed by atoms with Gasteiger partial charge in [-0.3, -0.25) is 0 Å². The van der Waals surface area contributed by atoms with Crippen molar-refractivity contribution < 1.29 is 4.39 Å². The highest BCUT2D eigenvalue weighted by molar-refractivity contribution is 6.14. The first-order chi connectivity index (χ1) is 32.1. The highest BCUT2D eigenvalue weighted by atomic mass is 19.1. The van der Waals surface area contributed by atoms with Gasteiger partial charge in [-0.15, -0.1) is 0 Å². The van der Waals surface area contributed by atoms with Gasteiger partial charge in [0, 0.05) is 21.5 Å². The van der Waals surface area contributed by atoms with E-state index in [-0.39, 0.29) is 5.82 Å². The molecule has 4 heteroatoms. The summed E-state index contributed by atoms with van der Waals surface area (Å²) in [5.41, 5.74) is 16.2. The zero-order valence-corrected chi connectivity index (χ0v) is 35.2. The van der Waals surface area contributed by atoms with Gasteiger partial charge in [0.15, 0.2) is 0 Å². The van der Waals surface area contributed by atoms with Crippen LogP contribution in [0.15, 0.2) is 231 Å². The molecule has 0 spiro atoms. The number of fused-ring (bicyclic) bond motifs is 6. The van der Waals surface area contributed by atoms with E-state index in [1.54, 1.807) is 12.1 Å². The largest absolute Gasteiger partial charge is 0.308 e. The maximum atomic E-state index is 15.2. The van der Waals surface area contributed by atoms with Crippen LogP contribution in [0.4, 0.5) is 4.39 Å². The monoisotopic (exact) mass is 831 g/mol. The summed E-state index contributed by atoms with van der Waals surface area (Å²) in [5, 5.41) is 15.9. The fourth-order valence-corrected chi connectivity index (χ4v) is 9.72. The standard InChI is InChI=1S/C61H38FN3/c62-50-23-13-22-44(32-50)49-37-60(64-56-28-24-45(40-14-5-1-6-15-40)33-51(56)52-34-46(25-29-57(52)64)41-16-7-2-8-17-41)55(39-63)61(38-49)65-58-30-26-47(42-18-9-3-10-19-42)35-53(58)54-36-48(27-31-59(54)65)43-20-11-4-12-21-43/h1-38H. The first kappa shape index (κ1) is 37.9. The lowest BCUT2D eigenvalue weighted by Crippen LogP contribution is -2.05. The lowest BCUT2D eigenvalue weighted by molar-refractivity contribution is 0.628. The first-order valence-electron chi connectivity index (χ1n) is 21.8. The quantitative estimate of drug-likeness (QED) is 0.157. The van der Waals surface area contributed by atoms with Crippen molar-refractivity contribution in [2.24, 2.45) is 0 Å². The van der Waals surface area contributed by atoms with Gasteiger partial charge < -0.3 is 9.13 Å². The average Bonchev–Trinajstić information content (AvgIpc) is 3.88. The van der Waals surface area contributed by atoms with E-state index in [1.165, 1.54) is 6.07 Å². The van der Waals surface area contributed by atoms with Gasteiger partial charge in [-0.2, -0.15) is 5.26 Å². The molecule has 304 valence electrons. The predicted octanol–water partition coefficient (Wildman–Crippen LogP) is 16.2. The summed E-state index contributed by atoms with van der Waals surface area (Å²) < 4.78 is 19.7. The molecule has 0 unspecified atom stereocenters. The third-order valence-electron chi connectivity index (χ3n) is 12.8. The molecule has 0 saturated heterocycles. The summed E-state index contributed by atoms with van der Waals surface area (Å²) >= 11 is 0. The second kappa shape index (κ2) is 15.5. The Hall–Kier alpha value is -8.78. The highest BCUT2D eigenvalue weighted by Crippen LogP contribution is 2.43. The summed E-state index contributed by atoms with van der Waals surface area (Å²) in [6.07, 6.45) is 0. The smallest absolute Gasteiger partial charge is 0.123 e. The minimum atomic E-state index is -0.326. The Labute approximate surface area is 375 Å². The van der Waals surface area contributed by atoms with Crippen molar-refractivity contribution in [2.45, 2.75) is 0 Å². The van der Waals surface area contributed by atoms with Crippen molar-refractivity contribution in [3.63, 3.8) is 0 Å². The Morgan fingerprint density at radius 3 is 0.908 bits per heavy atom. The van der Waals surface area contributed by atoms with Crippen molar-refractivity contribution in [2.75, 3.05) is 0 Å². The number of nitrogens with zero attached hydrogens (tertiary/aromatic N) is 3. The van der Waals surface area contributed by atoms with Gasteiger partial charge in [0.25, 0.3) is 0 Å². The third kappa shape index (κ3) is 6.49. The molecule has 65 heavy (non-hydrogen) atoms. The molecule has 0 N–H and O–H groups in total. The summed E-state index contributed by atoms with van der Waals surface area (Å²) in [6.45, 7) is 0. The van der Waals surface area contributed by atoms with Crippen molar-refractivity contribution >= 4 is 43.6 Å². The van der Waals surface area contributed by atoms with Crippen molar-refractivity contribution in [3.8, 4) is 73.1 Å². The molecule has 0 aliphatic rings. The van der Waals surface area contributed by atoms with E-state index in [0.717, 1.165) is 93.7 Å². The van der Waals surface area contributed by atoms with Crippen molar-refractivity contribution in [1.29, 1.82) is 5.26 Å². The summed E-state index contributed by atoms with van der Waals surface area (Å²) in [7, 11) is 0. The molecular weight excluding hydrogens is 794 g/mol. The molecule has 0 aliphatic carbocycles. The van der Waals surface area contributed by atoms with Crippen LogP contribution < -0.4 is 0 Å². The van der Waals surface area contributed by atoms with E-state index < -0.39 is 0 Å². The van der Waals surface area contributed by atoms with Gasteiger partial charge in [0.05, 0.1) is 33.4 Å². The summed E-state index contributed by atoms with van der Waals surface area (Å²) in [4.78, 5) is 0. The Bertz CT molecular complexity index is 3410. The fraction of sp³-hybridized carbons (Fsp3) is 0. The number of halogens is 1. The fourth-order valence-electron chi connectivity index (χ4n) is 9.72. The molecule has 0 atom stereocenters. The molecule has 12 rings (SSSR count). The van der Waals surface area contributed by atoms with Gasteiger partial charge in [0.1, 0.15) is 17.4 Å². The Balaban J connectivity index is 1.18. The zero-order valence-electron chi connectivity index (χ0n) is 35.2. The van der Waals surface area contributed by atoms with E-state index in [1.807, 2.05) is 30.3 Å². The maximum absolute atomic E-state index is 15.2. The molecule has 3 nitrogen and oxygen atoms in total. The Kier molecular flexibility index (Phi) is 9.07. The van der Waals surface area contributed by atoms with Gasteiger partial charge >= 0.3 is 0 Å². The molecule has 12 aromatic rings. The molecule has 0 fully saturated rings. The van der Waals surface area contributed by atoms with Crippen LogP contribution in [0.3, 0.4) is 0 Å². The number of rotatable bonds is 7. The van der Waals surface area contributed by atoms with Crippen LogP contribution in [0.2, 0.25) is 0 Å². The minimum absolute atomic E-state index is 0.326. The third-order valence-corrected chi connectivity index (χ3v) is 12.8. The molecular formula is C61H38FN3. The lowest BCUT2D eigenvalue weighted by Gasteiger charge is -2.19. The van der Waals surface area contributed by atoms with Crippen LogP contribution >= 0.6 is 0 Å². The summed E-state index contributed by atoms with van der Waals surface area (Å²) in [6, 6.07) is 81.7. The van der Waals surface area contributed by atoms with Gasteiger partial charge in [-0.1, -0.05) is 158 Å². The van der Waals surface area contributed by atoms with Gasteiger partial charge in [-0.05, 0) is 128 Å². The first-order valence-corrected chi connectivity index (χ1v) is 21.8. The van der Waals surface area contributed by atoms with Crippen LogP contribution in [0.1, 0.15) is 5.56 Å². The van der Waals surface area contributed by atoms with Crippen molar-refractivity contribution in [3.05, 3.63) is 242 Å². The van der Waals surface area contributed by atoms with E-state index >= 15 is 4.39 Å². The van der Waals surface area contributed by atoms with Crippen LogP contribution in [0.5, 0.6) is 0 Å². The Morgan fingerprint density at radius 2 is 0.600 bits per heavy atom. The molecule has 10 aromatic carbocycles. The highest BCUT2D eigenvalue weighted by Gasteiger charge is 2.24. The van der Waals surface area contributed by atoms with Crippen LogP contribution in [0.25, 0.3) is 111 Å². The second-order valence-electron chi connectivity index (χ2n) is 16.6. The second-order valence-corrected chi connectivity index (χ2v) is 16.6. The number of hydrogen-bond acceptors (Lipinski definition) is 1. The molecule has 0 aliphatic heterocycles. The number of benzene rings is 10. The van der Waals surface area contributed by atoms with E-state index in [4.69, 9.17) is 0 Å². The van der Waals surface area contributed by atoms with E-state index in [9.17, 15) is 5.26 Å². The summed E-state index contributed by atoms with van der Waals surface area (Å²) in [5.74, 6) is -0.326. The zero-order chi connectivity index (χ0) is 43.4. The normalized spacial score (nSPS) is 11.4. The van der Waals surface area contributed by atoms with Crippen LogP contribution in [-0.4, -0.2) is 9.13 Å². The maximum Gasteiger partial charge on any atom is 0.123 e. The number of aromatic nitrogens is 2. The Morgan fingerprint density at radius 1 is 0.292 bits per heavy atom. The lowest BCUT2D eigenvalue weighted by atomic mass is 9.99. The molecule has 0 bridgehead atoms. The predicted molar refractivity (Wildman–Crippen MR) is 267 cm³/mol. The number of nitriles is 1. The minimum Gasteiger partial charge on any atom is -0.308 e. The van der Waals surface area contributed by atoms with Gasteiger partial charge in [-0.25, -0.2) is 4.39 Å². The SMILES string of the molecule is N#Cc1c(-n2c3ccc(-c4ccccc4)cc3c3cc(-c4ccccc4)ccc32)cc(-c2cccc(F)c2)cc1-n1c2ccc(-c3ccccc3)cc2c2cc(-c3ccccc3)ccc21. The van der Waals surface area contributed by atoms with Crippen LogP contribution in [0, 0.1) is 17.1 Å². The molecule has 0 radical (unpaired) electrons.